The summed E-state index contributed by atoms with van der Waals surface area (Å²) >= 11 is 0. The third kappa shape index (κ3) is 5.11. The zero-order valence-electron chi connectivity index (χ0n) is 13.0. The summed E-state index contributed by atoms with van der Waals surface area (Å²) < 4.78 is 5.21. The molecule has 1 aliphatic rings. The number of carbonyl (C=O) groups is 1. The number of nitrogens with zero attached hydrogens (tertiary/aromatic N) is 3. The molecule has 1 N–H and O–H groups in total. The van der Waals surface area contributed by atoms with E-state index in [4.69, 9.17) is 4.74 Å². The van der Waals surface area contributed by atoms with Gasteiger partial charge in [-0.2, -0.15) is 5.10 Å². The number of nitrogens with one attached hydrogen (secondary N) is 1. The van der Waals surface area contributed by atoms with Crippen molar-refractivity contribution in [2.24, 2.45) is 11.0 Å². The standard InChI is InChI=1S/C14H26N4O2/c1-11(17(6)15-5)18-8-7-12(10-18)9-16-13(19)20-14(2,3)4/h12H,1,5,7-10H2,2-4,6H3,(H,16,19). The highest BCUT2D eigenvalue weighted by Crippen LogP contribution is 2.20. The van der Waals surface area contributed by atoms with Gasteiger partial charge in [0.05, 0.1) is 0 Å². The molecule has 0 aromatic carbocycles. The van der Waals surface area contributed by atoms with Crippen molar-refractivity contribution in [3.05, 3.63) is 12.4 Å². The lowest BCUT2D eigenvalue weighted by Crippen LogP contribution is -2.36. The molecule has 1 saturated heterocycles. The number of hydrogen-bond acceptors (Lipinski definition) is 5. The molecule has 0 spiro atoms. The fourth-order valence-corrected chi connectivity index (χ4v) is 2.06. The lowest BCUT2D eigenvalue weighted by molar-refractivity contribution is 0.0520. The van der Waals surface area contributed by atoms with Crippen LogP contribution in [0, 0.1) is 5.92 Å². The van der Waals surface area contributed by atoms with Gasteiger partial charge in [0.25, 0.3) is 0 Å². The maximum atomic E-state index is 11.6. The molecule has 1 rings (SSSR count). The summed E-state index contributed by atoms with van der Waals surface area (Å²) in [6.07, 6.45) is 0.652. The Morgan fingerprint density at radius 2 is 2.20 bits per heavy atom. The summed E-state index contributed by atoms with van der Waals surface area (Å²) in [5.74, 6) is 1.23. The second-order valence-electron chi connectivity index (χ2n) is 6.06. The van der Waals surface area contributed by atoms with E-state index in [1.807, 2.05) is 27.8 Å². The molecule has 1 amide bonds. The quantitative estimate of drug-likeness (QED) is 0.617. The topological polar surface area (TPSA) is 57.2 Å². The first-order valence-corrected chi connectivity index (χ1v) is 6.84. The van der Waals surface area contributed by atoms with Crippen LogP contribution in [0.3, 0.4) is 0 Å². The first-order valence-electron chi connectivity index (χ1n) is 6.84. The van der Waals surface area contributed by atoms with Gasteiger partial charge in [-0.05, 0) is 33.1 Å². The van der Waals surface area contributed by atoms with Crippen molar-refractivity contribution < 1.29 is 9.53 Å². The predicted molar refractivity (Wildman–Crippen MR) is 80.4 cm³/mol. The molecular weight excluding hydrogens is 256 g/mol. The van der Waals surface area contributed by atoms with Crippen molar-refractivity contribution in [3.63, 3.8) is 0 Å². The minimum absolute atomic E-state index is 0.361. The van der Waals surface area contributed by atoms with E-state index in [0.29, 0.717) is 12.5 Å². The van der Waals surface area contributed by atoms with Gasteiger partial charge in [0.2, 0.25) is 0 Å². The molecule has 0 aromatic rings. The second kappa shape index (κ2) is 6.63. The van der Waals surface area contributed by atoms with E-state index in [1.54, 1.807) is 5.01 Å². The first kappa shape index (κ1) is 16.3. The van der Waals surface area contributed by atoms with Gasteiger partial charge in [-0.15, -0.1) is 0 Å². The average molecular weight is 282 g/mol. The van der Waals surface area contributed by atoms with Crippen LogP contribution in [0.15, 0.2) is 17.5 Å². The van der Waals surface area contributed by atoms with Crippen molar-refractivity contribution in [1.82, 2.24) is 15.2 Å². The van der Waals surface area contributed by atoms with E-state index in [-0.39, 0.29) is 6.09 Å². The molecule has 0 aliphatic carbocycles. The van der Waals surface area contributed by atoms with Crippen LogP contribution < -0.4 is 5.32 Å². The van der Waals surface area contributed by atoms with E-state index >= 15 is 0 Å². The Balaban J connectivity index is 2.33. The Labute approximate surface area is 121 Å². The molecule has 6 heteroatoms. The van der Waals surface area contributed by atoms with Crippen molar-refractivity contribution in [1.29, 1.82) is 0 Å². The maximum absolute atomic E-state index is 11.6. The minimum Gasteiger partial charge on any atom is -0.444 e. The van der Waals surface area contributed by atoms with Gasteiger partial charge in [-0.25, -0.2) is 4.79 Å². The summed E-state index contributed by atoms with van der Waals surface area (Å²) in [5, 5.41) is 8.30. The Hall–Kier alpha value is -1.72. The Morgan fingerprint density at radius 3 is 2.75 bits per heavy atom. The fourth-order valence-electron chi connectivity index (χ4n) is 2.06. The Morgan fingerprint density at radius 1 is 1.55 bits per heavy atom. The van der Waals surface area contributed by atoms with Crippen molar-refractivity contribution in [2.45, 2.75) is 32.8 Å². The normalized spacial score (nSPS) is 18.6. The summed E-state index contributed by atoms with van der Waals surface area (Å²) in [5.41, 5.74) is -0.460. The number of ether oxygens (including phenoxy) is 1. The second-order valence-corrected chi connectivity index (χ2v) is 6.06. The summed E-state index contributed by atoms with van der Waals surface area (Å²) in [6.45, 7) is 15.4. The SMILES string of the molecule is C=NN(C)C(=C)N1CCC(CNC(=O)OC(C)(C)C)C1. The zero-order valence-corrected chi connectivity index (χ0v) is 13.0. The number of likely N-dealkylation sites (tertiary alicyclic amines) is 1. The smallest absolute Gasteiger partial charge is 0.407 e. The van der Waals surface area contributed by atoms with Gasteiger partial charge in [-0.3, -0.25) is 5.01 Å². The highest BCUT2D eigenvalue weighted by Gasteiger charge is 2.25. The lowest BCUT2D eigenvalue weighted by Gasteiger charge is -2.26. The van der Waals surface area contributed by atoms with Crippen molar-refractivity contribution >= 4 is 12.8 Å². The van der Waals surface area contributed by atoms with E-state index in [1.165, 1.54) is 0 Å². The molecule has 6 nitrogen and oxygen atoms in total. The number of hydrazone groups is 1. The molecule has 1 fully saturated rings. The molecule has 0 bridgehead atoms. The number of rotatable bonds is 5. The van der Waals surface area contributed by atoms with Crippen molar-refractivity contribution in [2.75, 3.05) is 26.7 Å². The van der Waals surface area contributed by atoms with Gasteiger partial charge >= 0.3 is 6.09 Å². The van der Waals surface area contributed by atoms with Gasteiger partial charge in [0.1, 0.15) is 11.4 Å². The van der Waals surface area contributed by atoms with Gasteiger partial charge in [0, 0.05) is 33.4 Å². The van der Waals surface area contributed by atoms with Crippen LogP contribution in [0.5, 0.6) is 0 Å². The first-order chi connectivity index (χ1) is 9.23. The molecule has 114 valence electrons. The Bertz CT molecular complexity index is 376. The molecular formula is C14H26N4O2. The van der Waals surface area contributed by atoms with E-state index in [2.05, 4.69) is 28.6 Å². The monoisotopic (exact) mass is 282 g/mol. The van der Waals surface area contributed by atoms with Crippen molar-refractivity contribution in [3.8, 4) is 0 Å². The molecule has 1 aliphatic heterocycles. The molecule has 1 unspecified atom stereocenters. The summed E-state index contributed by atoms with van der Waals surface area (Å²) in [4.78, 5) is 13.7. The summed E-state index contributed by atoms with van der Waals surface area (Å²) in [7, 11) is 1.82. The van der Waals surface area contributed by atoms with Gasteiger partial charge in [0.15, 0.2) is 0 Å². The number of carbonyl (C=O) groups excluding carboxylic acids is 1. The lowest BCUT2D eigenvalue weighted by atomic mass is 10.1. The average Bonchev–Trinajstić information content (AvgIpc) is 2.81. The van der Waals surface area contributed by atoms with Crippen LogP contribution in [0.2, 0.25) is 0 Å². The van der Waals surface area contributed by atoms with Gasteiger partial charge < -0.3 is 15.0 Å². The number of hydrogen-bond donors (Lipinski definition) is 1. The maximum Gasteiger partial charge on any atom is 0.407 e. The van der Waals surface area contributed by atoms with E-state index < -0.39 is 5.60 Å². The molecule has 0 radical (unpaired) electrons. The number of alkyl carbamates (subject to hydrolysis) is 1. The molecule has 1 heterocycles. The van der Waals surface area contributed by atoms with Crippen LogP contribution in [-0.4, -0.2) is 55.0 Å². The third-order valence-electron chi connectivity index (χ3n) is 3.17. The van der Waals surface area contributed by atoms with Crippen LogP contribution in [0.25, 0.3) is 0 Å². The highest BCUT2D eigenvalue weighted by molar-refractivity contribution is 5.67. The van der Waals surface area contributed by atoms with E-state index in [0.717, 1.165) is 25.3 Å². The fraction of sp³-hybridized carbons (Fsp3) is 0.714. The Kier molecular flexibility index (Phi) is 5.42. The largest absolute Gasteiger partial charge is 0.444 e. The molecule has 1 atom stereocenters. The molecule has 0 saturated carbocycles. The van der Waals surface area contributed by atoms with Crippen LogP contribution in [-0.2, 0) is 4.74 Å². The molecule has 20 heavy (non-hydrogen) atoms. The minimum atomic E-state index is -0.460. The zero-order chi connectivity index (χ0) is 15.3. The van der Waals surface area contributed by atoms with Gasteiger partial charge in [-0.1, -0.05) is 6.58 Å². The summed E-state index contributed by atoms with van der Waals surface area (Å²) in [6, 6.07) is 0. The van der Waals surface area contributed by atoms with E-state index in [9.17, 15) is 4.79 Å². The number of amides is 1. The van der Waals surface area contributed by atoms with Crippen LogP contribution in [0.4, 0.5) is 4.79 Å². The highest BCUT2D eigenvalue weighted by atomic mass is 16.6. The van der Waals surface area contributed by atoms with Crippen LogP contribution >= 0.6 is 0 Å². The predicted octanol–water partition coefficient (Wildman–Crippen LogP) is 1.85. The molecule has 0 aromatic heterocycles. The van der Waals surface area contributed by atoms with Crippen LogP contribution in [0.1, 0.15) is 27.2 Å². The third-order valence-corrected chi connectivity index (χ3v) is 3.17.